The van der Waals surface area contributed by atoms with Gasteiger partial charge in [-0.05, 0) is 44.0 Å². The molecule has 0 spiro atoms. The summed E-state index contributed by atoms with van der Waals surface area (Å²) in [6.07, 6.45) is 4.73. The van der Waals surface area contributed by atoms with Gasteiger partial charge in [-0.25, -0.2) is 4.79 Å². The first kappa shape index (κ1) is 15.8. The number of piperidine rings is 1. The van der Waals surface area contributed by atoms with Crippen LogP contribution in [0.15, 0.2) is 18.2 Å². The van der Waals surface area contributed by atoms with Crippen molar-refractivity contribution in [1.82, 2.24) is 5.32 Å². The molecule has 0 bridgehead atoms. The lowest BCUT2D eigenvalue weighted by atomic mass is 10.0. The molecular formula is C15H19ClN2O3. The van der Waals surface area contributed by atoms with Crippen molar-refractivity contribution >= 4 is 29.2 Å². The second-order valence-electron chi connectivity index (χ2n) is 5.23. The quantitative estimate of drug-likeness (QED) is 0.781. The Morgan fingerprint density at radius 2 is 2.19 bits per heavy atom. The summed E-state index contributed by atoms with van der Waals surface area (Å²) >= 11 is 5.79. The monoisotopic (exact) mass is 310 g/mol. The third-order valence-electron chi connectivity index (χ3n) is 3.61. The first-order valence-corrected chi connectivity index (χ1v) is 7.50. The molecule has 3 N–H and O–H groups in total. The molecule has 0 aliphatic carbocycles. The van der Waals surface area contributed by atoms with Gasteiger partial charge in [0.05, 0.1) is 10.6 Å². The second kappa shape index (κ2) is 7.43. The van der Waals surface area contributed by atoms with Crippen LogP contribution in [-0.2, 0) is 4.79 Å². The highest BCUT2D eigenvalue weighted by atomic mass is 35.5. The summed E-state index contributed by atoms with van der Waals surface area (Å²) in [6, 6.07) is 4.86. The number of carbonyl (C=O) groups is 2. The van der Waals surface area contributed by atoms with E-state index in [0.29, 0.717) is 18.2 Å². The summed E-state index contributed by atoms with van der Waals surface area (Å²) < 4.78 is 0. The number of carbonyl (C=O) groups excluding carboxylic acids is 1. The van der Waals surface area contributed by atoms with Crippen LogP contribution in [0.3, 0.4) is 0 Å². The van der Waals surface area contributed by atoms with Gasteiger partial charge in [-0.1, -0.05) is 18.0 Å². The van der Waals surface area contributed by atoms with Gasteiger partial charge in [0.15, 0.2) is 0 Å². The van der Waals surface area contributed by atoms with Gasteiger partial charge < -0.3 is 15.7 Å². The van der Waals surface area contributed by atoms with Gasteiger partial charge in [0.25, 0.3) is 0 Å². The van der Waals surface area contributed by atoms with Crippen LogP contribution in [0.2, 0.25) is 5.02 Å². The third-order valence-corrected chi connectivity index (χ3v) is 3.94. The maximum Gasteiger partial charge on any atom is 0.337 e. The van der Waals surface area contributed by atoms with Crippen molar-refractivity contribution in [2.75, 3.05) is 11.9 Å². The van der Waals surface area contributed by atoms with E-state index < -0.39 is 5.97 Å². The number of anilines is 1. The molecule has 0 aromatic heterocycles. The van der Waals surface area contributed by atoms with Crippen LogP contribution in [0.5, 0.6) is 0 Å². The maximum absolute atomic E-state index is 11.9. The van der Waals surface area contributed by atoms with Crippen LogP contribution < -0.4 is 10.6 Å². The number of nitrogens with one attached hydrogen (secondary N) is 2. The van der Waals surface area contributed by atoms with E-state index in [1.807, 2.05) is 0 Å². The second-order valence-corrected chi connectivity index (χ2v) is 5.64. The molecule has 1 unspecified atom stereocenters. The number of carboxylic acid groups (broad SMARTS) is 1. The zero-order chi connectivity index (χ0) is 15.2. The molecule has 1 amide bonds. The Balaban J connectivity index is 1.87. The van der Waals surface area contributed by atoms with Gasteiger partial charge in [-0.3, -0.25) is 4.79 Å². The highest BCUT2D eigenvalue weighted by Gasteiger charge is 2.15. The molecule has 2 rings (SSSR count). The van der Waals surface area contributed by atoms with E-state index in [4.69, 9.17) is 16.7 Å². The highest BCUT2D eigenvalue weighted by Crippen LogP contribution is 2.21. The molecule has 6 heteroatoms. The lowest BCUT2D eigenvalue weighted by Crippen LogP contribution is -2.34. The van der Waals surface area contributed by atoms with Gasteiger partial charge >= 0.3 is 5.97 Å². The Morgan fingerprint density at radius 1 is 1.38 bits per heavy atom. The Bertz CT molecular complexity index is 528. The van der Waals surface area contributed by atoms with E-state index in [1.54, 1.807) is 6.07 Å². The molecular weight excluding hydrogens is 292 g/mol. The largest absolute Gasteiger partial charge is 0.478 e. The predicted octanol–water partition coefficient (Wildman–Crippen LogP) is 2.90. The van der Waals surface area contributed by atoms with E-state index in [0.717, 1.165) is 19.4 Å². The first-order valence-electron chi connectivity index (χ1n) is 7.12. The number of halogens is 1. The summed E-state index contributed by atoms with van der Waals surface area (Å²) in [5.41, 5.74) is 0.446. The topological polar surface area (TPSA) is 78.4 Å². The zero-order valence-electron chi connectivity index (χ0n) is 11.7. The lowest BCUT2D eigenvalue weighted by Gasteiger charge is -2.23. The molecule has 21 heavy (non-hydrogen) atoms. The molecule has 114 valence electrons. The molecule has 1 saturated heterocycles. The standard InChI is InChI=1S/C15H19ClN2O3/c16-13-6-4-11(9-12(13)15(20)21)18-14(19)7-5-10-3-1-2-8-17-10/h4,6,9-10,17H,1-3,5,7-8H2,(H,18,19)(H,20,21). The van der Waals surface area contributed by atoms with E-state index in [9.17, 15) is 9.59 Å². The van der Waals surface area contributed by atoms with Gasteiger partial charge in [0.1, 0.15) is 0 Å². The van der Waals surface area contributed by atoms with Crippen LogP contribution in [-0.4, -0.2) is 29.6 Å². The number of amides is 1. The van der Waals surface area contributed by atoms with Crippen molar-refractivity contribution in [3.63, 3.8) is 0 Å². The minimum Gasteiger partial charge on any atom is -0.478 e. The molecule has 1 aromatic carbocycles. The van der Waals surface area contributed by atoms with E-state index in [2.05, 4.69) is 10.6 Å². The summed E-state index contributed by atoms with van der Waals surface area (Å²) in [6.45, 7) is 1.02. The molecule has 5 nitrogen and oxygen atoms in total. The van der Waals surface area contributed by atoms with Crippen molar-refractivity contribution in [3.8, 4) is 0 Å². The van der Waals surface area contributed by atoms with Crippen LogP contribution in [0, 0.1) is 0 Å². The number of aromatic carboxylic acids is 1. The van der Waals surface area contributed by atoms with E-state index in [1.165, 1.54) is 25.0 Å². The Morgan fingerprint density at radius 3 is 2.86 bits per heavy atom. The summed E-state index contributed by atoms with van der Waals surface area (Å²) in [5, 5.41) is 15.3. The minimum absolute atomic E-state index is 0.0107. The molecule has 0 radical (unpaired) electrons. The van der Waals surface area contributed by atoms with Crippen LogP contribution in [0.1, 0.15) is 42.5 Å². The Hall–Kier alpha value is -1.59. The van der Waals surface area contributed by atoms with Gasteiger partial charge in [-0.2, -0.15) is 0 Å². The van der Waals surface area contributed by atoms with Gasteiger partial charge in [-0.15, -0.1) is 0 Å². The third kappa shape index (κ3) is 4.72. The molecule has 1 fully saturated rings. The summed E-state index contributed by atoms with van der Waals surface area (Å²) in [4.78, 5) is 22.9. The fourth-order valence-electron chi connectivity index (χ4n) is 2.47. The predicted molar refractivity (Wildman–Crippen MR) is 81.9 cm³/mol. The number of hydrogen-bond acceptors (Lipinski definition) is 3. The van der Waals surface area contributed by atoms with Crippen LogP contribution >= 0.6 is 11.6 Å². The van der Waals surface area contributed by atoms with E-state index >= 15 is 0 Å². The SMILES string of the molecule is O=C(CCC1CCCCN1)Nc1ccc(Cl)c(C(=O)O)c1. The summed E-state index contributed by atoms with van der Waals surface area (Å²) in [7, 11) is 0. The molecule has 0 saturated carbocycles. The van der Waals surface area contributed by atoms with Crippen molar-refractivity contribution in [2.45, 2.75) is 38.1 Å². The van der Waals surface area contributed by atoms with Gasteiger partial charge in [0.2, 0.25) is 5.91 Å². The molecule has 1 aliphatic rings. The molecule has 1 atom stereocenters. The van der Waals surface area contributed by atoms with Crippen LogP contribution in [0.4, 0.5) is 5.69 Å². The fraction of sp³-hybridized carbons (Fsp3) is 0.467. The fourth-order valence-corrected chi connectivity index (χ4v) is 2.66. The average molecular weight is 311 g/mol. The number of benzene rings is 1. The van der Waals surface area contributed by atoms with E-state index in [-0.39, 0.29) is 16.5 Å². The average Bonchev–Trinajstić information content (AvgIpc) is 2.48. The molecule has 1 aliphatic heterocycles. The van der Waals surface area contributed by atoms with Crippen molar-refractivity contribution in [3.05, 3.63) is 28.8 Å². The molecule has 1 heterocycles. The van der Waals surface area contributed by atoms with Crippen molar-refractivity contribution < 1.29 is 14.7 Å². The smallest absolute Gasteiger partial charge is 0.337 e. The van der Waals surface area contributed by atoms with Crippen molar-refractivity contribution in [2.24, 2.45) is 0 Å². The highest BCUT2D eigenvalue weighted by molar-refractivity contribution is 6.33. The zero-order valence-corrected chi connectivity index (χ0v) is 12.4. The first-order chi connectivity index (χ1) is 10.1. The number of carboxylic acids is 1. The molecule has 1 aromatic rings. The number of rotatable bonds is 5. The van der Waals surface area contributed by atoms with Gasteiger partial charge in [0, 0.05) is 18.2 Å². The minimum atomic E-state index is -1.11. The normalized spacial score (nSPS) is 18.2. The maximum atomic E-state index is 11.9. The van der Waals surface area contributed by atoms with Crippen molar-refractivity contribution in [1.29, 1.82) is 0 Å². The lowest BCUT2D eigenvalue weighted by molar-refractivity contribution is -0.116. The van der Waals surface area contributed by atoms with Crippen LogP contribution in [0.25, 0.3) is 0 Å². The number of hydrogen-bond donors (Lipinski definition) is 3. The Labute approximate surface area is 128 Å². The summed E-state index contributed by atoms with van der Waals surface area (Å²) in [5.74, 6) is -1.22. The Kier molecular flexibility index (Phi) is 5.59.